The molecule has 10 heavy (non-hydrogen) atoms. The quantitative estimate of drug-likeness (QED) is 0.534. The number of nitrogens with two attached hydrogens (primary N) is 2. The molecule has 62 valence electrons. The molecule has 4 N–H and O–H groups in total. The summed E-state index contributed by atoms with van der Waals surface area (Å²) in [4.78, 5) is 2.13. The van der Waals surface area contributed by atoms with Gasteiger partial charge in [0.25, 0.3) is 0 Å². The summed E-state index contributed by atoms with van der Waals surface area (Å²) in [5.41, 5.74) is 11.1. The van der Waals surface area contributed by atoms with Crippen molar-refractivity contribution in [2.75, 3.05) is 20.1 Å². The molecule has 0 bridgehead atoms. The van der Waals surface area contributed by atoms with Gasteiger partial charge in [-0.15, -0.1) is 0 Å². The van der Waals surface area contributed by atoms with Crippen molar-refractivity contribution >= 4 is 0 Å². The van der Waals surface area contributed by atoms with Crippen LogP contribution in [0.3, 0.4) is 0 Å². The van der Waals surface area contributed by atoms with Crippen LogP contribution in [0.2, 0.25) is 0 Å². The number of hydrogen-bond donors (Lipinski definition) is 2. The fraction of sp³-hybridized carbons (Fsp3) is 1.00. The third-order valence-electron chi connectivity index (χ3n) is 1.70. The average molecular weight is 145 g/mol. The molecular formula is C7H19N3. The zero-order valence-corrected chi connectivity index (χ0v) is 7.01. The summed E-state index contributed by atoms with van der Waals surface area (Å²) >= 11 is 0. The monoisotopic (exact) mass is 145 g/mol. The van der Waals surface area contributed by atoms with Crippen LogP contribution >= 0.6 is 0 Å². The van der Waals surface area contributed by atoms with Gasteiger partial charge in [0.1, 0.15) is 0 Å². The molecule has 3 heteroatoms. The summed E-state index contributed by atoms with van der Waals surface area (Å²) in [6, 6.07) is 0. The summed E-state index contributed by atoms with van der Waals surface area (Å²) < 4.78 is 0. The molecular weight excluding hydrogens is 126 g/mol. The minimum absolute atomic E-state index is 0.201. The van der Waals surface area contributed by atoms with Crippen LogP contribution in [-0.4, -0.2) is 31.2 Å². The average Bonchev–Trinajstić information content (AvgIpc) is 1.98. The summed E-state index contributed by atoms with van der Waals surface area (Å²) in [6.07, 6.45) is 2.23. The van der Waals surface area contributed by atoms with Gasteiger partial charge in [-0.1, -0.05) is 6.92 Å². The second-order valence-corrected chi connectivity index (χ2v) is 2.60. The molecule has 3 nitrogen and oxygen atoms in total. The van der Waals surface area contributed by atoms with E-state index in [1.165, 1.54) is 0 Å². The van der Waals surface area contributed by atoms with Gasteiger partial charge in [0.05, 0.1) is 6.17 Å². The third kappa shape index (κ3) is 3.82. The van der Waals surface area contributed by atoms with E-state index in [0.717, 1.165) is 25.9 Å². The Morgan fingerprint density at radius 2 is 2.10 bits per heavy atom. The Morgan fingerprint density at radius 3 is 2.50 bits per heavy atom. The zero-order chi connectivity index (χ0) is 7.98. The molecule has 0 radical (unpaired) electrons. The van der Waals surface area contributed by atoms with Crippen LogP contribution in [0, 0.1) is 0 Å². The molecule has 0 fully saturated rings. The highest BCUT2D eigenvalue weighted by molar-refractivity contribution is 4.58. The van der Waals surface area contributed by atoms with Gasteiger partial charge in [-0.3, -0.25) is 4.90 Å². The minimum atomic E-state index is 0.201. The maximum absolute atomic E-state index is 5.74. The lowest BCUT2D eigenvalue weighted by Crippen LogP contribution is -2.39. The van der Waals surface area contributed by atoms with E-state index >= 15 is 0 Å². The largest absolute Gasteiger partial charge is 0.330 e. The third-order valence-corrected chi connectivity index (χ3v) is 1.70. The first-order valence-electron chi connectivity index (χ1n) is 3.88. The molecule has 0 aliphatic carbocycles. The van der Waals surface area contributed by atoms with Crippen LogP contribution in [0.4, 0.5) is 0 Å². The molecule has 0 saturated heterocycles. The van der Waals surface area contributed by atoms with E-state index in [1.54, 1.807) is 0 Å². The molecule has 0 saturated carbocycles. The fourth-order valence-corrected chi connectivity index (χ4v) is 0.818. The molecule has 0 aromatic carbocycles. The standard InChI is InChI=1S/C7H19N3/c1-3-7(9)10(2)6-4-5-8/h7H,3-6,8-9H2,1-2H3. The van der Waals surface area contributed by atoms with Crippen LogP contribution in [0.25, 0.3) is 0 Å². The van der Waals surface area contributed by atoms with E-state index in [-0.39, 0.29) is 6.17 Å². The maximum Gasteiger partial charge on any atom is 0.0566 e. The Morgan fingerprint density at radius 1 is 1.50 bits per heavy atom. The molecule has 0 aromatic heterocycles. The summed E-state index contributed by atoms with van der Waals surface area (Å²) in [6.45, 7) is 3.84. The maximum atomic E-state index is 5.74. The Kier molecular flexibility index (Phi) is 5.58. The Hall–Kier alpha value is -0.120. The molecule has 0 heterocycles. The fourth-order valence-electron chi connectivity index (χ4n) is 0.818. The van der Waals surface area contributed by atoms with E-state index in [1.807, 2.05) is 7.05 Å². The van der Waals surface area contributed by atoms with E-state index in [2.05, 4.69) is 11.8 Å². The van der Waals surface area contributed by atoms with Crippen LogP contribution in [0.1, 0.15) is 19.8 Å². The smallest absolute Gasteiger partial charge is 0.0566 e. The van der Waals surface area contributed by atoms with Crippen molar-refractivity contribution in [1.82, 2.24) is 4.90 Å². The van der Waals surface area contributed by atoms with Crippen molar-refractivity contribution in [2.24, 2.45) is 11.5 Å². The van der Waals surface area contributed by atoms with E-state index in [0.29, 0.717) is 0 Å². The van der Waals surface area contributed by atoms with Crippen molar-refractivity contribution in [3.05, 3.63) is 0 Å². The molecule has 0 amide bonds. The molecule has 0 aliphatic rings. The topological polar surface area (TPSA) is 55.3 Å². The van der Waals surface area contributed by atoms with Crippen LogP contribution in [0.15, 0.2) is 0 Å². The van der Waals surface area contributed by atoms with Crippen molar-refractivity contribution < 1.29 is 0 Å². The normalized spacial score (nSPS) is 14.1. The van der Waals surface area contributed by atoms with E-state index in [4.69, 9.17) is 11.5 Å². The number of rotatable bonds is 5. The van der Waals surface area contributed by atoms with Crippen LogP contribution < -0.4 is 11.5 Å². The lowest BCUT2D eigenvalue weighted by Gasteiger charge is -2.22. The molecule has 1 unspecified atom stereocenters. The van der Waals surface area contributed by atoms with Crippen molar-refractivity contribution in [2.45, 2.75) is 25.9 Å². The van der Waals surface area contributed by atoms with Crippen molar-refractivity contribution in [1.29, 1.82) is 0 Å². The van der Waals surface area contributed by atoms with Crippen LogP contribution in [-0.2, 0) is 0 Å². The van der Waals surface area contributed by atoms with Gasteiger partial charge >= 0.3 is 0 Å². The molecule has 0 aromatic rings. The van der Waals surface area contributed by atoms with E-state index < -0.39 is 0 Å². The zero-order valence-electron chi connectivity index (χ0n) is 7.01. The highest BCUT2D eigenvalue weighted by atomic mass is 15.2. The lowest BCUT2D eigenvalue weighted by molar-refractivity contribution is 0.240. The second-order valence-electron chi connectivity index (χ2n) is 2.60. The Bertz CT molecular complexity index is 75.3. The first-order valence-corrected chi connectivity index (χ1v) is 3.88. The molecule has 0 rings (SSSR count). The summed E-state index contributed by atoms with van der Waals surface area (Å²) in [7, 11) is 2.03. The number of nitrogens with zero attached hydrogens (tertiary/aromatic N) is 1. The first kappa shape index (κ1) is 9.88. The number of hydrogen-bond acceptors (Lipinski definition) is 3. The van der Waals surface area contributed by atoms with Gasteiger partial charge in [-0.2, -0.15) is 0 Å². The predicted octanol–water partition coefficient (Wildman–Crippen LogP) is -0.0382. The molecule has 0 aliphatic heterocycles. The van der Waals surface area contributed by atoms with Crippen molar-refractivity contribution in [3.8, 4) is 0 Å². The minimum Gasteiger partial charge on any atom is -0.330 e. The summed E-state index contributed by atoms with van der Waals surface area (Å²) in [5, 5.41) is 0. The van der Waals surface area contributed by atoms with Gasteiger partial charge in [-0.05, 0) is 26.4 Å². The van der Waals surface area contributed by atoms with Gasteiger partial charge in [-0.25, -0.2) is 0 Å². The SMILES string of the molecule is CCC(N)N(C)CCCN. The van der Waals surface area contributed by atoms with E-state index in [9.17, 15) is 0 Å². The predicted molar refractivity (Wildman–Crippen MR) is 44.6 cm³/mol. The van der Waals surface area contributed by atoms with Gasteiger partial charge in [0.15, 0.2) is 0 Å². The second kappa shape index (κ2) is 5.65. The lowest BCUT2D eigenvalue weighted by atomic mass is 10.3. The van der Waals surface area contributed by atoms with Crippen molar-refractivity contribution in [3.63, 3.8) is 0 Å². The molecule has 1 atom stereocenters. The van der Waals surface area contributed by atoms with Gasteiger partial charge in [0.2, 0.25) is 0 Å². The molecule has 0 spiro atoms. The summed E-state index contributed by atoms with van der Waals surface area (Å²) in [5.74, 6) is 0. The first-order chi connectivity index (χ1) is 4.72. The van der Waals surface area contributed by atoms with Crippen LogP contribution in [0.5, 0.6) is 0 Å². The highest BCUT2D eigenvalue weighted by Crippen LogP contribution is 1.93. The van der Waals surface area contributed by atoms with Gasteiger partial charge < -0.3 is 11.5 Å². The van der Waals surface area contributed by atoms with Gasteiger partial charge in [0, 0.05) is 6.54 Å². The Balaban J connectivity index is 3.31. The Labute approximate surface area is 63.4 Å². The highest BCUT2D eigenvalue weighted by Gasteiger charge is 2.04.